The Labute approximate surface area is 163 Å². The van der Waals surface area contributed by atoms with Crippen molar-refractivity contribution in [1.29, 1.82) is 0 Å². The minimum Gasteiger partial charge on any atom is -0.465 e. The lowest BCUT2D eigenvalue weighted by Gasteiger charge is -2.19. The highest BCUT2D eigenvalue weighted by molar-refractivity contribution is 6.15. The smallest absolute Gasteiger partial charge is 0.339 e. The first-order valence-corrected chi connectivity index (χ1v) is 8.92. The van der Waals surface area contributed by atoms with Crippen LogP contribution >= 0.6 is 0 Å². The Morgan fingerprint density at radius 2 is 1.21 bits per heavy atom. The number of rotatable bonds is 6. The highest BCUT2D eigenvalue weighted by atomic mass is 16.5. The Balaban J connectivity index is 2.86. The number of hydrogen-bond acceptors (Lipinski definition) is 8. The zero-order chi connectivity index (χ0) is 20.8. The first-order valence-electron chi connectivity index (χ1n) is 8.92. The summed E-state index contributed by atoms with van der Waals surface area (Å²) in [6.07, 6.45) is 4.55. The molecule has 0 aliphatic heterocycles. The molecule has 0 heterocycles. The molecule has 0 radical (unpaired) electrons. The van der Waals surface area contributed by atoms with Gasteiger partial charge in [0.25, 0.3) is 0 Å². The van der Waals surface area contributed by atoms with Crippen LogP contribution in [0.1, 0.15) is 72.7 Å². The van der Waals surface area contributed by atoms with Crippen LogP contribution in [0, 0.1) is 5.92 Å². The van der Waals surface area contributed by atoms with Gasteiger partial charge in [0.15, 0.2) is 0 Å². The molecule has 1 saturated carbocycles. The van der Waals surface area contributed by atoms with Gasteiger partial charge in [-0.15, -0.1) is 0 Å². The predicted octanol–water partition coefficient (Wildman–Crippen LogP) is 2.57. The third-order valence-electron chi connectivity index (χ3n) is 4.97. The summed E-state index contributed by atoms with van der Waals surface area (Å²) in [6.45, 7) is 0. The monoisotopic (exact) mass is 392 g/mol. The maximum absolute atomic E-state index is 12.6. The molecule has 1 aromatic carbocycles. The van der Waals surface area contributed by atoms with Crippen molar-refractivity contribution in [3.8, 4) is 0 Å². The lowest BCUT2D eigenvalue weighted by molar-refractivity contribution is 0.0520. The average molecular weight is 392 g/mol. The first kappa shape index (κ1) is 21.4. The van der Waals surface area contributed by atoms with Crippen LogP contribution in [-0.2, 0) is 25.4 Å². The molecular weight excluding hydrogens is 368 g/mol. The van der Waals surface area contributed by atoms with Crippen molar-refractivity contribution in [1.82, 2.24) is 0 Å². The molecular formula is C20H24O8. The molecule has 0 bridgehead atoms. The van der Waals surface area contributed by atoms with Crippen LogP contribution < -0.4 is 0 Å². The molecule has 0 amide bonds. The summed E-state index contributed by atoms with van der Waals surface area (Å²) >= 11 is 0. The molecule has 2 rings (SSSR count). The fourth-order valence-electron chi connectivity index (χ4n) is 3.65. The number of methoxy groups -OCH3 is 4. The van der Waals surface area contributed by atoms with E-state index in [-0.39, 0.29) is 22.3 Å². The molecule has 28 heavy (non-hydrogen) atoms. The minimum atomic E-state index is -0.960. The van der Waals surface area contributed by atoms with Crippen LogP contribution in [0.2, 0.25) is 0 Å². The second kappa shape index (κ2) is 9.34. The van der Waals surface area contributed by atoms with E-state index in [4.69, 9.17) is 18.9 Å². The summed E-state index contributed by atoms with van der Waals surface area (Å²) < 4.78 is 19.2. The van der Waals surface area contributed by atoms with Crippen molar-refractivity contribution in [2.75, 3.05) is 28.4 Å². The Morgan fingerprint density at radius 3 is 1.71 bits per heavy atom. The maximum Gasteiger partial charge on any atom is 0.339 e. The second-order valence-electron chi connectivity index (χ2n) is 6.53. The zero-order valence-corrected chi connectivity index (χ0v) is 16.5. The van der Waals surface area contributed by atoms with Gasteiger partial charge >= 0.3 is 23.9 Å². The average Bonchev–Trinajstić information content (AvgIpc) is 3.23. The highest BCUT2D eigenvalue weighted by Crippen LogP contribution is 2.33. The van der Waals surface area contributed by atoms with Crippen molar-refractivity contribution in [3.63, 3.8) is 0 Å². The van der Waals surface area contributed by atoms with E-state index in [1.54, 1.807) is 0 Å². The van der Waals surface area contributed by atoms with Gasteiger partial charge in [-0.2, -0.15) is 0 Å². The Morgan fingerprint density at radius 1 is 0.750 bits per heavy atom. The largest absolute Gasteiger partial charge is 0.465 e. The normalized spacial score (nSPS) is 13.7. The summed E-state index contributed by atoms with van der Waals surface area (Å²) in [5.74, 6) is -3.23. The fraction of sp³-hybridized carbons (Fsp3) is 0.500. The second-order valence-corrected chi connectivity index (χ2v) is 6.53. The van der Waals surface area contributed by atoms with E-state index in [1.807, 2.05) is 0 Å². The van der Waals surface area contributed by atoms with Gasteiger partial charge in [0.1, 0.15) is 0 Å². The predicted molar refractivity (Wildman–Crippen MR) is 97.5 cm³/mol. The highest BCUT2D eigenvalue weighted by Gasteiger charge is 2.35. The molecule has 0 N–H and O–H groups in total. The van der Waals surface area contributed by atoms with Crippen molar-refractivity contribution in [2.45, 2.75) is 32.1 Å². The molecule has 8 heteroatoms. The molecule has 1 fully saturated rings. The summed E-state index contributed by atoms with van der Waals surface area (Å²) in [5, 5.41) is 0. The van der Waals surface area contributed by atoms with Crippen LogP contribution in [0.15, 0.2) is 6.07 Å². The van der Waals surface area contributed by atoms with E-state index >= 15 is 0 Å². The third kappa shape index (κ3) is 4.16. The van der Waals surface area contributed by atoms with Gasteiger partial charge in [0, 0.05) is 0 Å². The summed E-state index contributed by atoms with van der Waals surface area (Å²) in [7, 11) is 4.56. The molecule has 0 saturated heterocycles. The maximum atomic E-state index is 12.6. The molecule has 0 aromatic heterocycles. The van der Waals surface area contributed by atoms with Crippen LogP contribution in [0.4, 0.5) is 0 Å². The quantitative estimate of drug-likeness (QED) is 0.537. The molecule has 1 aliphatic rings. The van der Waals surface area contributed by atoms with Gasteiger partial charge < -0.3 is 18.9 Å². The lowest BCUT2D eigenvalue weighted by Crippen LogP contribution is -2.24. The molecule has 1 aliphatic carbocycles. The molecule has 0 atom stereocenters. The molecule has 0 unspecified atom stereocenters. The lowest BCUT2D eigenvalue weighted by atomic mass is 9.86. The Hall–Kier alpha value is -2.90. The Bertz CT molecular complexity index is 790. The van der Waals surface area contributed by atoms with Gasteiger partial charge in [0.2, 0.25) is 0 Å². The number of hydrogen-bond donors (Lipinski definition) is 0. The van der Waals surface area contributed by atoms with E-state index in [1.165, 1.54) is 13.2 Å². The van der Waals surface area contributed by atoms with Crippen molar-refractivity contribution in [3.05, 3.63) is 33.9 Å². The van der Waals surface area contributed by atoms with Crippen LogP contribution in [0.25, 0.3) is 0 Å². The van der Waals surface area contributed by atoms with E-state index in [0.717, 1.165) is 47.0 Å². The van der Waals surface area contributed by atoms with Crippen LogP contribution in [-0.4, -0.2) is 52.3 Å². The van der Waals surface area contributed by atoms with Crippen molar-refractivity contribution < 1.29 is 38.1 Å². The summed E-state index contributed by atoms with van der Waals surface area (Å²) in [4.78, 5) is 49.9. The van der Waals surface area contributed by atoms with Crippen molar-refractivity contribution >= 4 is 23.9 Å². The summed E-state index contributed by atoms with van der Waals surface area (Å²) in [6, 6.07) is 1.41. The summed E-state index contributed by atoms with van der Waals surface area (Å²) in [5.41, 5.74) is -0.536. The SMILES string of the molecule is COC(=O)c1cc(CC2CCCC2)c(C(=O)OC)c(C(=O)OC)c1C(=O)OC. The molecule has 152 valence electrons. The van der Waals surface area contributed by atoms with E-state index in [0.29, 0.717) is 17.9 Å². The van der Waals surface area contributed by atoms with Crippen LogP contribution in [0.5, 0.6) is 0 Å². The number of carbonyl (C=O) groups excluding carboxylic acids is 4. The number of benzene rings is 1. The number of ether oxygens (including phenoxy) is 4. The van der Waals surface area contributed by atoms with E-state index in [2.05, 4.69) is 0 Å². The number of esters is 4. The van der Waals surface area contributed by atoms with Gasteiger partial charge in [-0.3, -0.25) is 0 Å². The molecule has 0 spiro atoms. The van der Waals surface area contributed by atoms with E-state index < -0.39 is 23.9 Å². The molecule has 8 nitrogen and oxygen atoms in total. The zero-order valence-electron chi connectivity index (χ0n) is 16.5. The molecule has 1 aromatic rings. The fourth-order valence-corrected chi connectivity index (χ4v) is 3.65. The standard InChI is InChI=1S/C20H24O8/c1-25-17(21)13-10-12(9-11-7-5-6-8-11)14(18(22)26-2)16(20(24)28-4)15(13)19(23)27-3/h10-11H,5-9H2,1-4H3. The third-order valence-corrected chi connectivity index (χ3v) is 4.97. The van der Waals surface area contributed by atoms with Gasteiger partial charge in [-0.25, -0.2) is 19.2 Å². The van der Waals surface area contributed by atoms with Gasteiger partial charge in [0.05, 0.1) is 50.7 Å². The van der Waals surface area contributed by atoms with Crippen molar-refractivity contribution in [2.24, 2.45) is 5.92 Å². The van der Waals surface area contributed by atoms with Gasteiger partial charge in [-0.05, 0) is 24.0 Å². The Kier molecular flexibility index (Phi) is 7.14. The van der Waals surface area contributed by atoms with E-state index in [9.17, 15) is 19.2 Å². The minimum absolute atomic E-state index is 0.0886. The van der Waals surface area contributed by atoms with Crippen LogP contribution in [0.3, 0.4) is 0 Å². The first-order chi connectivity index (χ1) is 13.4. The topological polar surface area (TPSA) is 105 Å². The number of carbonyl (C=O) groups is 4. The van der Waals surface area contributed by atoms with Gasteiger partial charge in [-0.1, -0.05) is 25.7 Å².